The van der Waals surface area contributed by atoms with Crippen LogP contribution >= 0.6 is 0 Å². The Morgan fingerprint density at radius 1 is 1.14 bits per heavy atom. The maximum atomic E-state index is 13.6. The average molecular weight is 604 g/mol. The van der Waals surface area contributed by atoms with E-state index in [-0.39, 0.29) is 34.9 Å². The van der Waals surface area contributed by atoms with Crippen molar-refractivity contribution in [2.45, 2.75) is 65.0 Å². The Kier molecular flexibility index (Phi) is 14.0. The standard InChI is InChI=1S/C31H45N3O9/c1-17-13-21-26(33-11-12-40-5)23(35)16-22(28(21)37)34-30(38)18(2)9-8-10-24(41-6)29(43-31(32)39)20(4)15-19(3)27(36)25(14-17)42-7/h8-10,15-17,19,24-25,27,29,33,36H,11-14H2,1-7H3,(H2,32,39)(H,34,38)/b10-8+,18-9-,20-15+/t17-,19+,24+,25+,27-,29+/m1/s1. The summed E-state index contributed by atoms with van der Waals surface area (Å²) in [6.07, 6.45) is 3.75. The number of hydrogen-bond acceptors (Lipinski definition) is 10. The predicted molar refractivity (Wildman–Crippen MR) is 159 cm³/mol. The third-order valence-electron chi connectivity index (χ3n) is 7.40. The molecule has 0 aromatic carbocycles. The number of rotatable bonds is 7. The van der Waals surface area contributed by atoms with Gasteiger partial charge in [0.15, 0.2) is 6.10 Å². The second-order valence-electron chi connectivity index (χ2n) is 10.9. The van der Waals surface area contributed by atoms with Crippen molar-refractivity contribution >= 4 is 23.6 Å². The van der Waals surface area contributed by atoms with Gasteiger partial charge in [-0.05, 0) is 38.2 Å². The summed E-state index contributed by atoms with van der Waals surface area (Å²) in [5, 5.41) is 16.8. The second-order valence-corrected chi connectivity index (χ2v) is 10.9. The van der Waals surface area contributed by atoms with Gasteiger partial charge in [0.25, 0.3) is 5.91 Å². The van der Waals surface area contributed by atoms with E-state index in [1.54, 1.807) is 39.0 Å². The molecule has 12 nitrogen and oxygen atoms in total. The molecule has 5 N–H and O–H groups in total. The Labute approximate surface area is 253 Å². The minimum absolute atomic E-state index is 0.134. The molecular weight excluding hydrogens is 558 g/mol. The molecule has 2 bridgehead atoms. The Bertz CT molecular complexity index is 1200. The molecule has 2 amide bonds. The number of fused-ring (bicyclic) bond motifs is 2. The molecule has 1 heterocycles. The Hall–Kier alpha value is -3.58. The van der Waals surface area contributed by atoms with Gasteiger partial charge in [0.05, 0.1) is 30.2 Å². The van der Waals surface area contributed by atoms with Gasteiger partial charge in [-0.25, -0.2) is 4.79 Å². The molecule has 0 unspecified atom stereocenters. The molecule has 0 saturated heterocycles. The van der Waals surface area contributed by atoms with Gasteiger partial charge < -0.3 is 40.4 Å². The van der Waals surface area contributed by atoms with E-state index in [2.05, 4.69) is 10.6 Å². The highest BCUT2D eigenvalue weighted by atomic mass is 16.6. The van der Waals surface area contributed by atoms with Gasteiger partial charge in [-0.3, -0.25) is 14.4 Å². The zero-order chi connectivity index (χ0) is 32.3. The number of carbonyl (C=O) groups is 4. The number of Topliss-reactive ketones (excluding diaryl/α,β-unsaturated/α-hetero) is 1. The van der Waals surface area contributed by atoms with Crippen molar-refractivity contribution < 1.29 is 43.2 Å². The van der Waals surface area contributed by atoms with Crippen LogP contribution < -0.4 is 16.4 Å². The largest absolute Gasteiger partial charge is 0.439 e. The van der Waals surface area contributed by atoms with Gasteiger partial charge in [0, 0.05) is 51.0 Å². The van der Waals surface area contributed by atoms with Crippen LogP contribution in [-0.4, -0.2) is 87.6 Å². The van der Waals surface area contributed by atoms with Crippen LogP contribution in [0.3, 0.4) is 0 Å². The molecule has 12 heteroatoms. The van der Waals surface area contributed by atoms with E-state index in [0.29, 0.717) is 25.1 Å². The lowest BCUT2D eigenvalue weighted by atomic mass is 9.85. The van der Waals surface area contributed by atoms with Crippen molar-refractivity contribution in [2.75, 3.05) is 34.5 Å². The van der Waals surface area contributed by atoms with Crippen LogP contribution in [0.2, 0.25) is 0 Å². The fourth-order valence-corrected chi connectivity index (χ4v) is 5.06. The molecule has 2 aliphatic rings. The van der Waals surface area contributed by atoms with Crippen LogP contribution in [-0.2, 0) is 33.3 Å². The van der Waals surface area contributed by atoms with Crippen molar-refractivity contribution in [3.8, 4) is 0 Å². The molecule has 0 radical (unpaired) electrons. The molecular formula is C31H45N3O9. The number of methoxy groups -OCH3 is 3. The van der Waals surface area contributed by atoms with Gasteiger partial charge in [0.1, 0.15) is 6.10 Å². The van der Waals surface area contributed by atoms with E-state index in [0.717, 1.165) is 6.08 Å². The monoisotopic (exact) mass is 603 g/mol. The topological polar surface area (TPSA) is 176 Å². The first-order valence-electron chi connectivity index (χ1n) is 14.2. The Balaban J connectivity index is 2.61. The van der Waals surface area contributed by atoms with Crippen LogP contribution in [0.5, 0.6) is 0 Å². The number of nitrogens with two attached hydrogens (primary N) is 1. The van der Waals surface area contributed by atoms with Crippen molar-refractivity contribution in [1.29, 1.82) is 0 Å². The molecule has 1 aliphatic heterocycles. The fourth-order valence-electron chi connectivity index (χ4n) is 5.06. The van der Waals surface area contributed by atoms with Gasteiger partial charge in [-0.1, -0.05) is 38.2 Å². The number of primary amides is 1. The van der Waals surface area contributed by atoms with Crippen molar-refractivity contribution in [2.24, 2.45) is 17.6 Å². The molecule has 0 saturated carbocycles. The molecule has 0 aromatic heterocycles. The summed E-state index contributed by atoms with van der Waals surface area (Å²) < 4.78 is 21.7. The van der Waals surface area contributed by atoms with E-state index in [9.17, 15) is 24.3 Å². The minimum atomic E-state index is -1.00. The number of aliphatic hydroxyl groups excluding tert-OH is 1. The number of aliphatic hydroxyl groups is 1. The molecule has 43 heavy (non-hydrogen) atoms. The zero-order valence-corrected chi connectivity index (χ0v) is 26.0. The molecule has 0 fully saturated rings. The first kappa shape index (κ1) is 35.6. The van der Waals surface area contributed by atoms with E-state index >= 15 is 0 Å². The lowest BCUT2D eigenvalue weighted by Crippen LogP contribution is -2.38. The number of ketones is 2. The summed E-state index contributed by atoms with van der Waals surface area (Å²) in [5.74, 6) is -2.16. The maximum absolute atomic E-state index is 13.6. The number of carbonyl (C=O) groups excluding carboxylic acids is 4. The summed E-state index contributed by atoms with van der Waals surface area (Å²) in [5.41, 5.74) is 6.42. The van der Waals surface area contributed by atoms with Crippen LogP contribution in [0.4, 0.5) is 4.79 Å². The quantitative estimate of drug-likeness (QED) is 0.191. The van der Waals surface area contributed by atoms with Gasteiger partial charge >= 0.3 is 6.09 Å². The number of nitrogens with one attached hydrogen (secondary N) is 2. The third kappa shape index (κ3) is 9.99. The van der Waals surface area contributed by atoms with Crippen LogP contribution in [0.15, 0.2) is 58.5 Å². The highest BCUT2D eigenvalue weighted by Gasteiger charge is 2.33. The van der Waals surface area contributed by atoms with E-state index < -0.39 is 53.9 Å². The summed E-state index contributed by atoms with van der Waals surface area (Å²) in [6, 6.07) is 0. The highest BCUT2D eigenvalue weighted by molar-refractivity contribution is 6.23. The van der Waals surface area contributed by atoms with E-state index in [1.165, 1.54) is 27.4 Å². The Morgan fingerprint density at radius 2 is 1.84 bits per heavy atom. The zero-order valence-electron chi connectivity index (χ0n) is 26.0. The van der Waals surface area contributed by atoms with Crippen molar-refractivity contribution in [1.82, 2.24) is 10.6 Å². The summed E-state index contributed by atoms with van der Waals surface area (Å²) in [6.45, 7) is 7.59. The van der Waals surface area contributed by atoms with Gasteiger partial charge in [-0.2, -0.15) is 0 Å². The lowest BCUT2D eigenvalue weighted by molar-refractivity contribution is -0.120. The van der Waals surface area contributed by atoms with Crippen LogP contribution in [0.1, 0.15) is 40.5 Å². The smallest absolute Gasteiger partial charge is 0.405 e. The van der Waals surface area contributed by atoms with Gasteiger partial charge in [0.2, 0.25) is 11.6 Å². The SMILES string of the molecule is COCCNC1=C2C[C@@H](C)C[C@H](OC)[C@H](O)[C@@H](C)/C=C(\C)[C@H](OC(N)=O)[C@@H](OC)/C=C/C=C(/C)C(=O)NC(=CC1=O)C2=O. The normalized spacial score (nSPS) is 31.3. The second kappa shape index (κ2) is 16.9. The Morgan fingerprint density at radius 3 is 2.44 bits per heavy atom. The molecule has 2 rings (SSSR count). The van der Waals surface area contributed by atoms with Crippen molar-refractivity contribution in [3.05, 3.63) is 58.5 Å². The van der Waals surface area contributed by atoms with Crippen LogP contribution in [0.25, 0.3) is 0 Å². The number of ether oxygens (including phenoxy) is 4. The predicted octanol–water partition coefficient (Wildman–Crippen LogP) is 2.00. The van der Waals surface area contributed by atoms with E-state index in [4.69, 9.17) is 24.7 Å². The molecule has 238 valence electrons. The molecule has 0 spiro atoms. The summed E-state index contributed by atoms with van der Waals surface area (Å²) >= 11 is 0. The molecule has 1 aliphatic carbocycles. The highest BCUT2D eigenvalue weighted by Crippen LogP contribution is 2.28. The lowest BCUT2D eigenvalue weighted by Gasteiger charge is -2.30. The first-order chi connectivity index (χ1) is 20.3. The third-order valence-corrected chi connectivity index (χ3v) is 7.40. The van der Waals surface area contributed by atoms with Crippen LogP contribution in [0, 0.1) is 11.8 Å². The number of amides is 2. The minimum Gasteiger partial charge on any atom is -0.439 e. The van der Waals surface area contributed by atoms with Gasteiger partial charge in [-0.15, -0.1) is 0 Å². The molecule has 0 aromatic rings. The van der Waals surface area contributed by atoms with E-state index in [1.807, 2.05) is 6.92 Å². The summed E-state index contributed by atoms with van der Waals surface area (Å²) in [4.78, 5) is 51.5. The number of allylic oxidation sites excluding steroid dienone is 4. The summed E-state index contributed by atoms with van der Waals surface area (Å²) in [7, 11) is 4.45. The average Bonchev–Trinajstić information content (AvgIpc) is 2.95. The van der Waals surface area contributed by atoms with Crippen molar-refractivity contribution in [3.63, 3.8) is 0 Å². The maximum Gasteiger partial charge on any atom is 0.405 e. The number of hydrogen-bond donors (Lipinski definition) is 4. The first-order valence-corrected chi connectivity index (χ1v) is 14.2. The molecule has 6 atom stereocenters. The fraction of sp³-hybridized carbons (Fsp3) is 0.548.